The van der Waals surface area contributed by atoms with Gasteiger partial charge in [0, 0.05) is 11.3 Å². The predicted molar refractivity (Wildman–Crippen MR) is 109 cm³/mol. The quantitative estimate of drug-likeness (QED) is 0.362. The van der Waals surface area contributed by atoms with Gasteiger partial charge in [-0.15, -0.1) is 11.3 Å². The van der Waals surface area contributed by atoms with Crippen LogP contribution in [-0.2, 0) is 10.5 Å². The van der Waals surface area contributed by atoms with Gasteiger partial charge >= 0.3 is 6.03 Å². The second kappa shape index (κ2) is 9.20. The lowest BCUT2D eigenvalue weighted by atomic mass is 10.1. The van der Waals surface area contributed by atoms with E-state index in [4.69, 9.17) is 5.73 Å². The van der Waals surface area contributed by atoms with Gasteiger partial charge in [-0.25, -0.2) is 9.78 Å². The molecule has 0 saturated carbocycles. The molecule has 0 saturated heterocycles. The SMILES string of the molecule is NC(=O)NCC(=O)NNC(=O)c1ccc(CSc2nc3ccccc3s2)cc1. The van der Waals surface area contributed by atoms with Gasteiger partial charge in [0.1, 0.15) is 6.54 Å². The number of primary amides is 1. The van der Waals surface area contributed by atoms with Gasteiger partial charge in [0.25, 0.3) is 11.8 Å². The van der Waals surface area contributed by atoms with Crippen molar-refractivity contribution in [3.05, 3.63) is 59.7 Å². The number of aromatic nitrogens is 1. The number of carbonyl (C=O) groups excluding carboxylic acids is 3. The fourth-order valence-electron chi connectivity index (χ4n) is 2.22. The summed E-state index contributed by atoms with van der Waals surface area (Å²) in [5, 5.41) is 2.12. The highest BCUT2D eigenvalue weighted by atomic mass is 32.2. The molecule has 28 heavy (non-hydrogen) atoms. The maximum atomic E-state index is 12.0. The monoisotopic (exact) mass is 415 g/mol. The first kappa shape index (κ1) is 19.6. The highest BCUT2D eigenvalue weighted by Gasteiger charge is 2.09. The first-order chi connectivity index (χ1) is 13.5. The minimum absolute atomic E-state index is 0.322. The molecule has 4 amide bonds. The van der Waals surface area contributed by atoms with E-state index in [0.29, 0.717) is 5.56 Å². The molecule has 3 aromatic rings. The van der Waals surface area contributed by atoms with E-state index in [1.807, 2.05) is 36.4 Å². The number of benzene rings is 2. The van der Waals surface area contributed by atoms with Crippen LogP contribution in [0.3, 0.4) is 0 Å². The number of nitrogens with zero attached hydrogens (tertiary/aromatic N) is 1. The number of urea groups is 1. The molecular weight excluding hydrogens is 398 g/mol. The molecular formula is C18H17N5O3S2. The van der Waals surface area contributed by atoms with Crippen molar-refractivity contribution in [1.29, 1.82) is 0 Å². The van der Waals surface area contributed by atoms with Gasteiger partial charge in [0.05, 0.1) is 10.2 Å². The van der Waals surface area contributed by atoms with Crippen molar-refractivity contribution in [2.24, 2.45) is 5.73 Å². The van der Waals surface area contributed by atoms with Crippen LogP contribution in [0.15, 0.2) is 52.9 Å². The van der Waals surface area contributed by atoms with Gasteiger partial charge in [-0.1, -0.05) is 36.0 Å². The maximum Gasteiger partial charge on any atom is 0.312 e. The maximum absolute atomic E-state index is 12.0. The van der Waals surface area contributed by atoms with Crippen molar-refractivity contribution in [2.45, 2.75) is 10.1 Å². The molecule has 0 atom stereocenters. The third-order valence-electron chi connectivity index (χ3n) is 3.59. The van der Waals surface area contributed by atoms with Gasteiger partial charge in [0.2, 0.25) is 0 Å². The Hall–Kier alpha value is -3.11. The topological polar surface area (TPSA) is 126 Å². The number of thioether (sulfide) groups is 1. The van der Waals surface area contributed by atoms with Crippen molar-refractivity contribution in [3.63, 3.8) is 0 Å². The highest BCUT2D eigenvalue weighted by Crippen LogP contribution is 2.31. The second-order valence-electron chi connectivity index (χ2n) is 5.65. The van der Waals surface area contributed by atoms with Crippen LogP contribution >= 0.6 is 23.1 Å². The van der Waals surface area contributed by atoms with Crippen molar-refractivity contribution in [3.8, 4) is 0 Å². The molecule has 2 aromatic carbocycles. The lowest BCUT2D eigenvalue weighted by Crippen LogP contribution is -2.47. The molecule has 1 heterocycles. The summed E-state index contributed by atoms with van der Waals surface area (Å²) in [5.41, 5.74) is 11.8. The molecule has 0 aliphatic rings. The summed E-state index contributed by atoms with van der Waals surface area (Å²) in [6.07, 6.45) is 0. The van der Waals surface area contributed by atoms with Crippen molar-refractivity contribution in [2.75, 3.05) is 6.54 Å². The molecule has 3 rings (SSSR count). The van der Waals surface area contributed by atoms with E-state index in [2.05, 4.69) is 21.2 Å². The van der Waals surface area contributed by atoms with Gasteiger partial charge in [-0.05, 0) is 29.8 Å². The van der Waals surface area contributed by atoms with Gasteiger partial charge in [0.15, 0.2) is 4.34 Å². The molecule has 0 radical (unpaired) electrons. The van der Waals surface area contributed by atoms with E-state index < -0.39 is 17.8 Å². The zero-order chi connectivity index (χ0) is 19.9. The Labute approximate surface area is 168 Å². The fraction of sp³-hybridized carbons (Fsp3) is 0.111. The number of hydrogen-bond acceptors (Lipinski definition) is 6. The van der Waals surface area contributed by atoms with Gasteiger partial charge in [-0.2, -0.15) is 0 Å². The normalized spacial score (nSPS) is 10.4. The molecule has 144 valence electrons. The van der Waals surface area contributed by atoms with E-state index in [1.165, 1.54) is 0 Å². The minimum atomic E-state index is -0.819. The van der Waals surface area contributed by atoms with Crippen LogP contribution in [0.2, 0.25) is 0 Å². The zero-order valence-electron chi connectivity index (χ0n) is 14.6. The number of hydrazine groups is 1. The van der Waals surface area contributed by atoms with Crippen molar-refractivity contribution < 1.29 is 14.4 Å². The Morgan fingerprint density at radius 1 is 1.04 bits per heavy atom. The fourth-order valence-corrected chi connectivity index (χ4v) is 4.24. The molecule has 5 N–H and O–H groups in total. The largest absolute Gasteiger partial charge is 0.352 e. The van der Waals surface area contributed by atoms with Crippen molar-refractivity contribution >= 4 is 51.2 Å². The molecule has 0 fully saturated rings. The third kappa shape index (κ3) is 5.44. The molecule has 8 nitrogen and oxygen atoms in total. The number of rotatable bonds is 6. The van der Waals surface area contributed by atoms with E-state index in [1.54, 1.807) is 35.2 Å². The predicted octanol–water partition coefficient (Wildman–Crippen LogP) is 2.02. The summed E-state index contributed by atoms with van der Waals surface area (Å²) in [6.45, 7) is -0.322. The van der Waals surface area contributed by atoms with Crippen LogP contribution < -0.4 is 21.9 Å². The zero-order valence-corrected chi connectivity index (χ0v) is 16.2. The Kier molecular flexibility index (Phi) is 6.45. The lowest BCUT2D eigenvalue weighted by Gasteiger charge is -2.08. The van der Waals surface area contributed by atoms with E-state index in [9.17, 15) is 14.4 Å². The van der Waals surface area contributed by atoms with Crippen LogP contribution in [0.1, 0.15) is 15.9 Å². The molecule has 1 aromatic heterocycles. The number of thiazole rings is 1. The van der Waals surface area contributed by atoms with Crippen LogP contribution in [-0.4, -0.2) is 29.4 Å². The minimum Gasteiger partial charge on any atom is -0.352 e. The molecule has 10 heteroatoms. The molecule has 0 spiro atoms. The van der Waals surface area contributed by atoms with E-state index in [-0.39, 0.29) is 6.54 Å². The summed E-state index contributed by atoms with van der Waals surface area (Å²) in [7, 11) is 0. The lowest BCUT2D eigenvalue weighted by molar-refractivity contribution is -0.120. The molecule has 0 aliphatic carbocycles. The first-order valence-corrected chi connectivity index (χ1v) is 10.0. The Morgan fingerprint density at radius 2 is 1.79 bits per heavy atom. The van der Waals surface area contributed by atoms with Crippen LogP contribution in [0.4, 0.5) is 4.79 Å². The second-order valence-corrected chi connectivity index (χ2v) is 7.91. The molecule has 0 bridgehead atoms. The number of carbonyl (C=O) groups is 3. The number of hydrogen-bond donors (Lipinski definition) is 4. The standard InChI is InChI=1S/C18H17N5O3S2/c19-17(26)20-9-15(24)22-23-16(25)12-7-5-11(6-8-12)10-27-18-21-13-3-1-2-4-14(13)28-18/h1-8H,9-10H2,(H,22,24)(H,23,25)(H3,19,20,26). The molecule has 0 aliphatic heterocycles. The summed E-state index contributed by atoms with van der Waals surface area (Å²) in [5.74, 6) is -0.314. The average molecular weight is 416 g/mol. The third-order valence-corrected chi connectivity index (χ3v) is 5.84. The van der Waals surface area contributed by atoms with E-state index in [0.717, 1.165) is 25.9 Å². The smallest absolute Gasteiger partial charge is 0.312 e. The summed E-state index contributed by atoms with van der Waals surface area (Å²) in [6, 6.07) is 14.2. The van der Waals surface area contributed by atoms with Crippen LogP contribution in [0.5, 0.6) is 0 Å². The van der Waals surface area contributed by atoms with E-state index >= 15 is 0 Å². The first-order valence-electron chi connectivity index (χ1n) is 8.21. The van der Waals surface area contributed by atoms with Crippen LogP contribution in [0, 0.1) is 0 Å². The Bertz CT molecular complexity index is 971. The summed E-state index contributed by atoms with van der Waals surface area (Å²) >= 11 is 3.29. The van der Waals surface area contributed by atoms with Gasteiger partial charge in [-0.3, -0.25) is 20.4 Å². The Balaban J connectivity index is 1.49. The van der Waals surface area contributed by atoms with Crippen LogP contribution in [0.25, 0.3) is 10.2 Å². The van der Waals surface area contributed by atoms with Gasteiger partial charge < -0.3 is 11.1 Å². The summed E-state index contributed by atoms with van der Waals surface area (Å²) in [4.78, 5) is 38.6. The summed E-state index contributed by atoms with van der Waals surface area (Å²) < 4.78 is 2.15. The Morgan fingerprint density at radius 3 is 2.50 bits per heavy atom. The number of amides is 4. The molecule has 0 unspecified atom stereocenters. The number of nitrogens with two attached hydrogens (primary N) is 1. The highest BCUT2D eigenvalue weighted by molar-refractivity contribution is 8.00. The number of fused-ring (bicyclic) bond motifs is 1. The number of nitrogens with one attached hydrogen (secondary N) is 3. The van der Waals surface area contributed by atoms with Crippen molar-refractivity contribution in [1.82, 2.24) is 21.2 Å². The number of para-hydroxylation sites is 1. The average Bonchev–Trinajstić information content (AvgIpc) is 3.12.